The van der Waals surface area contributed by atoms with Gasteiger partial charge in [0, 0.05) is 7.05 Å². The van der Waals surface area contributed by atoms with Gasteiger partial charge in [0.25, 0.3) is 5.91 Å². The molecule has 5 nitrogen and oxygen atoms in total. The zero-order valence-corrected chi connectivity index (χ0v) is 9.37. The van der Waals surface area contributed by atoms with E-state index in [1.807, 2.05) is 6.92 Å². The Kier molecular flexibility index (Phi) is 3.79. The number of hydrogen-bond donors (Lipinski definition) is 1. The minimum Gasteiger partial charge on any atom is -0.480 e. The number of likely N-dealkylation sites (N-methyl/N-ethyl adjacent to an activating group) is 1. The fourth-order valence-electron chi connectivity index (χ4n) is 1.14. The Morgan fingerprint density at radius 1 is 1.60 bits per heavy atom. The highest BCUT2D eigenvalue weighted by molar-refractivity contribution is 7.11. The summed E-state index contributed by atoms with van der Waals surface area (Å²) in [5.41, 5.74) is 2.32. The van der Waals surface area contributed by atoms with E-state index in [1.54, 1.807) is 5.51 Å². The average Bonchev–Trinajstić information content (AvgIpc) is 2.62. The van der Waals surface area contributed by atoms with Gasteiger partial charge in [-0.1, -0.05) is 6.92 Å². The van der Waals surface area contributed by atoms with Crippen LogP contribution in [0.4, 0.5) is 0 Å². The highest BCUT2D eigenvalue weighted by Crippen LogP contribution is 2.15. The molecular weight excluding hydrogens is 216 g/mol. The quantitative estimate of drug-likeness (QED) is 0.829. The van der Waals surface area contributed by atoms with E-state index < -0.39 is 5.97 Å². The van der Waals surface area contributed by atoms with Gasteiger partial charge in [0.2, 0.25) is 0 Å². The van der Waals surface area contributed by atoms with Crippen LogP contribution in [0.3, 0.4) is 0 Å². The molecule has 1 aromatic rings. The van der Waals surface area contributed by atoms with E-state index >= 15 is 0 Å². The van der Waals surface area contributed by atoms with Crippen LogP contribution in [-0.2, 0) is 11.2 Å². The molecule has 0 aliphatic heterocycles. The van der Waals surface area contributed by atoms with Gasteiger partial charge in [0.15, 0.2) is 0 Å². The molecule has 82 valence electrons. The normalized spacial score (nSPS) is 10.0. The number of carbonyl (C=O) groups excluding carboxylic acids is 1. The summed E-state index contributed by atoms with van der Waals surface area (Å²) < 4.78 is 0. The molecule has 1 N–H and O–H groups in total. The molecule has 1 amide bonds. The Morgan fingerprint density at radius 3 is 2.80 bits per heavy atom. The number of carboxylic acids is 1. The maximum absolute atomic E-state index is 11.8. The number of rotatable bonds is 4. The number of carboxylic acid groups (broad SMARTS) is 1. The van der Waals surface area contributed by atoms with E-state index in [9.17, 15) is 9.59 Å². The number of nitrogens with zero attached hydrogens (tertiary/aromatic N) is 2. The lowest BCUT2D eigenvalue weighted by atomic mass is 10.3. The molecule has 0 saturated carbocycles. The number of amides is 1. The lowest BCUT2D eigenvalue weighted by Crippen LogP contribution is -2.31. The Morgan fingerprint density at radius 2 is 2.27 bits per heavy atom. The van der Waals surface area contributed by atoms with Crippen molar-refractivity contribution in [3.63, 3.8) is 0 Å². The molecule has 1 rings (SSSR count). The number of aromatic nitrogens is 1. The third-order valence-corrected chi connectivity index (χ3v) is 2.75. The zero-order chi connectivity index (χ0) is 11.4. The predicted octanol–water partition coefficient (Wildman–Crippen LogP) is 0.862. The topological polar surface area (TPSA) is 70.5 Å². The fraction of sp³-hybridized carbons (Fsp3) is 0.444. The molecule has 0 unspecified atom stereocenters. The summed E-state index contributed by atoms with van der Waals surface area (Å²) in [5.74, 6) is -1.30. The first kappa shape index (κ1) is 11.6. The minimum atomic E-state index is -1.02. The van der Waals surface area contributed by atoms with Crippen LogP contribution < -0.4 is 0 Å². The zero-order valence-electron chi connectivity index (χ0n) is 8.56. The summed E-state index contributed by atoms with van der Waals surface area (Å²) in [6.45, 7) is 1.61. The predicted molar refractivity (Wildman–Crippen MR) is 56.1 cm³/mol. The molecule has 15 heavy (non-hydrogen) atoms. The van der Waals surface area contributed by atoms with Crippen LogP contribution in [0.25, 0.3) is 0 Å². The van der Waals surface area contributed by atoms with Crippen molar-refractivity contribution in [3.05, 3.63) is 16.1 Å². The highest BCUT2D eigenvalue weighted by Gasteiger charge is 2.19. The van der Waals surface area contributed by atoms with Gasteiger partial charge >= 0.3 is 5.97 Å². The molecule has 0 fully saturated rings. The lowest BCUT2D eigenvalue weighted by molar-refractivity contribution is -0.137. The van der Waals surface area contributed by atoms with Gasteiger partial charge in [-0.3, -0.25) is 9.59 Å². The second kappa shape index (κ2) is 4.88. The molecule has 0 aliphatic rings. The second-order valence-electron chi connectivity index (χ2n) is 3.04. The summed E-state index contributed by atoms with van der Waals surface area (Å²) in [5, 5.41) is 8.55. The first-order valence-electron chi connectivity index (χ1n) is 4.45. The summed E-state index contributed by atoms with van der Waals surface area (Å²) in [6, 6.07) is 0. The minimum absolute atomic E-state index is 0.281. The third-order valence-electron chi connectivity index (χ3n) is 1.89. The van der Waals surface area contributed by atoms with Crippen LogP contribution in [0.5, 0.6) is 0 Å². The molecule has 0 atom stereocenters. The van der Waals surface area contributed by atoms with Crippen LogP contribution in [0, 0.1) is 0 Å². The van der Waals surface area contributed by atoms with Crippen molar-refractivity contribution in [1.29, 1.82) is 0 Å². The second-order valence-corrected chi connectivity index (χ2v) is 3.89. The fourth-order valence-corrected chi connectivity index (χ4v) is 2.02. The van der Waals surface area contributed by atoms with Crippen molar-refractivity contribution >= 4 is 23.2 Å². The van der Waals surface area contributed by atoms with Crippen molar-refractivity contribution < 1.29 is 14.7 Å². The van der Waals surface area contributed by atoms with Gasteiger partial charge in [-0.25, -0.2) is 4.98 Å². The number of thiazole rings is 1. The molecule has 0 aromatic carbocycles. The first-order chi connectivity index (χ1) is 7.06. The number of carbonyl (C=O) groups is 2. The van der Waals surface area contributed by atoms with Crippen LogP contribution in [-0.4, -0.2) is 40.5 Å². The number of aliphatic carboxylic acids is 1. The molecule has 1 heterocycles. The van der Waals surface area contributed by atoms with E-state index in [0.29, 0.717) is 11.3 Å². The molecule has 0 saturated heterocycles. The molecule has 0 spiro atoms. The van der Waals surface area contributed by atoms with E-state index in [0.717, 1.165) is 5.69 Å². The lowest BCUT2D eigenvalue weighted by Gasteiger charge is -2.13. The summed E-state index contributed by atoms with van der Waals surface area (Å²) in [4.78, 5) is 27.9. The Hall–Kier alpha value is -1.43. The molecule has 0 bridgehead atoms. The van der Waals surface area contributed by atoms with Gasteiger partial charge in [-0.05, 0) is 6.42 Å². The van der Waals surface area contributed by atoms with Gasteiger partial charge in [-0.2, -0.15) is 0 Å². The smallest absolute Gasteiger partial charge is 0.323 e. The van der Waals surface area contributed by atoms with Gasteiger partial charge in [-0.15, -0.1) is 11.3 Å². The molecule has 0 aliphatic carbocycles. The Balaban J connectivity index is 2.80. The molecular formula is C9H12N2O3S. The third kappa shape index (κ3) is 2.76. The summed E-state index contributed by atoms with van der Waals surface area (Å²) in [6.07, 6.45) is 0.672. The average molecular weight is 228 g/mol. The van der Waals surface area contributed by atoms with Crippen LogP contribution in [0.1, 0.15) is 22.3 Å². The van der Waals surface area contributed by atoms with Crippen LogP contribution in [0.2, 0.25) is 0 Å². The summed E-state index contributed by atoms with van der Waals surface area (Å²) >= 11 is 1.24. The van der Waals surface area contributed by atoms with Crippen molar-refractivity contribution in [2.75, 3.05) is 13.6 Å². The molecule has 6 heteroatoms. The van der Waals surface area contributed by atoms with Gasteiger partial charge < -0.3 is 10.0 Å². The van der Waals surface area contributed by atoms with E-state index in [2.05, 4.69) is 4.98 Å². The SMILES string of the molecule is CCc1ncsc1C(=O)N(C)CC(=O)O. The maximum atomic E-state index is 11.8. The van der Waals surface area contributed by atoms with Crippen molar-refractivity contribution in [3.8, 4) is 0 Å². The maximum Gasteiger partial charge on any atom is 0.323 e. The number of hydrogen-bond acceptors (Lipinski definition) is 4. The van der Waals surface area contributed by atoms with Crippen molar-refractivity contribution in [2.24, 2.45) is 0 Å². The highest BCUT2D eigenvalue weighted by atomic mass is 32.1. The van der Waals surface area contributed by atoms with Crippen LogP contribution >= 0.6 is 11.3 Å². The van der Waals surface area contributed by atoms with Crippen molar-refractivity contribution in [1.82, 2.24) is 9.88 Å². The number of aryl methyl sites for hydroxylation is 1. The summed E-state index contributed by atoms with van der Waals surface area (Å²) in [7, 11) is 1.47. The van der Waals surface area contributed by atoms with E-state index in [-0.39, 0.29) is 12.5 Å². The Labute approximate surface area is 91.4 Å². The van der Waals surface area contributed by atoms with E-state index in [1.165, 1.54) is 23.3 Å². The van der Waals surface area contributed by atoms with Gasteiger partial charge in [0.1, 0.15) is 11.4 Å². The Bertz CT molecular complexity index is 375. The standard InChI is InChI=1S/C9H12N2O3S/c1-3-6-8(15-5-10-6)9(14)11(2)4-7(12)13/h5H,3-4H2,1-2H3,(H,12,13). The monoisotopic (exact) mass is 228 g/mol. The molecule has 1 aromatic heterocycles. The van der Waals surface area contributed by atoms with Gasteiger partial charge in [0.05, 0.1) is 11.2 Å². The first-order valence-corrected chi connectivity index (χ1v) is 5.33. The largest absolute Gasteiger partial charge is 0.480 e. The molecule has 0 radical (unpaired) electrons. The van der Waals surface area contributed by atoms with Crippen molar-refractivity contribution in [2.45, 2.75) is 13.3 Å². The van der Waals surface area contributed by atoms with E-state index in [4.69, 9.17) is 5.11 Å². The van der Waals surface area contributed by atoms with Crippen LogP contribution in [0.15, 0.2) is 5.51 Å².